The van der Waals surface area contributed by atoms with Crippen LogP contribution < -0.4 is 0 Å². The lowest BCUT2D eigenvalue weighted by molar-refractivity contribution is 1.01. The average molecular weight is 179 g/mol. The van der Waals surface area contributed by atoms with Crippen molar-refractivity contribution >= 4 is 11.8 Å². The number of nitrogens with zero attached hydrogens (tertiary/aromatic N) is 1. The molecule has 0 aromatic carbocycles. The Morgan fingerprint density at radius 1 is 1.67 bits per heavy atom. The van der Waals surface area contributed by atoms with E-state index in [-0.39, 0.29) is 0 Å². The number of rotatable bonds is 4. The van der Waals surface area contributed by atoms with E-state index in [1.807, 2.05) is 36.2 Å². The molecule has 64 valence electrons. The average Bonchev–Trinajstić information content (AvgIpc) is 2.15. The third-order valence-electron chi connectivity index (χ3n) is 1.57. The Balaban J connectivity index is 2.53. The first kappa shape index (κ1) is 9.33. The van der Waals surface area contributed by atoms with E-state index in [0.29, 0.717) is 5.25 Å². The van der Waals surface area contributed by atoms with Gasteiger partial charge in [-0.15, -0.1) is 18.3 Å². The molecular formula is C10H13NS. The summed E-state index contributed by atoms with van der Waals surface area (Å²) in [5.41, 5.74) is 1.14. The van der Waals surface area contributed by atoms with E-state index in [0.717, 1.165) is 11.4 Å². The normalized spacial score (nSPS) is 12.4. The van der Waals surface area contributed by atoms with Crippen molar-refractivity contribution in [3.05, 3.63) is 42.7 Å². The quantitative estimate of drug-likeness (QED) is 0.659. The predicted molar refractivity (Wildman–Crippen MR) is 55.3 cm³/mol. The maximum Gasteiger partial charge on any atom is 0.0530 e. The van der Waals surface area contributed by atoms with Crippen LogP contribution in [0.3, 0.4) is 0 Å². The van der Waals surface area contributed by atoms with E-state index in [4.69, 9.17) is 0 Å². The van der Waals surface area contributed by atoms with Crippen molar-refractivity contribution in [2.45, 2.75) is 12.2 Å². The minimum atomic E-state index is 0.462. The number of hydrogen-bond donors (Lipinski definition) is 0. The molecule has 1 heterocycles. The summed E-state index contributed by atoms with van der Waals surface area (Å²) >= 11 is 1.85. The Labute approximate surface area is 77.9 Å². The zero-order valence-electron chi connectivity index (χ0n) is 7.23. The van der Waals surface area contributed by atoms with Gasteiger partial charge in [-0.25, -0.2) is 0 Å². The van der Waals surface area contributed by atoms with Gasteiger partial charge in [0.1, 0.15) is 0 Å². The number of aromatic nitrogens is 1. The number of hydrogen-bond acceptors (Lipinski definition) is 2. The van der Waals surface area contributed by atoms with Gasteiger partial charge in [-0.3, -0.25) is 4.98 Å². The summed E-state index contributed by atoms with van der Waals surface area (Å²) < 4.78 is 0. The fraction of sp³-hybridized carbons (Fsp3) is 0.300. The van der Waals surface area contributed by atoms with Gasteiger partial charge in [-0.05, 0) is 19.1 Å². The van der Waals surface area contributed by atoms with Crippen LogP contribution in [-0.2, 0) is 0 Å². The molecule has 0 aliphatic carbocycles. The number of thioether (sulfide) groups is 1. The van der Waals surface area contributed by atoms with Crippen molar-refractivity contribution in [3.8, 4) is 0 Å². The van der Waals surface area contributed by atoms with Crippen molar-refractivity contribution in [1.82, 2.24) is 4.98 Å². The molecule has 0 N–H and O–H groups in total. The lowest BCUT2D eigenvalue weighted by Crippen LogP contribution is -1.91. The maximum atomic E-state index is 4.28. The van der Waals surface area contributed by atoms with E-state index in [2.05, 4.69) is 24.6 Å². The number of pyridine rings is 1. The molecule has 0 amide bonds. The maximum absolute atomic E-state index is 4.28. The summed E-state index contributed by atoms with van der Waals surface area (Å²) in [6, 6.07) is 6.02. The highest BCUT2D eigenvalue weighted by Crippen LogP contribution is 2.25. The third kappa shape index (κ3) is 2.70. The Morgan fingerprint density at radius 3 is 3.08 bits per heavy atom. The molecule has 1 rings (SSSR count). The molecule has 0 bridgehead atoms. The molecular weight excluding hydrogens is 166 g/mol. The van der Waals surface area contributed by atoms with Crippen molar-refractivity contribution < 1.29 is 0 Å². The minimum absolute atomic E-state index is 0.462. The van der Waals surface area contributed by atoms with Crippen LogP contribution >= 0.6 is 11.8 Å². The molecule has 1 unspecified atom stereocenters. The second-order valence-electron chi connectivity index (χ2n) is 2.52. The molecule has 0 saturated carbocycles. The van der Waals surface area contributed by atoms with E-state index >= 15 is 0 Å². The van der Waals surface area contributed by atoms with Crippen LogP contribution in [0.2, 0.25) is 0 Å². The highest BCUT2D eigenvalue weighted by atomic mass is 32.2. The lowest BCUT2D eigenvalue weighted by atomic mass is 10.3. The monoisotopic (exact) mass is 179 g/mol. The Kier molecular flexibility index (Phi) is 3.88. The molecule has 0 aliphatic rings. The summed E-state index contributed by atoms with van der Waals surface area (Å²) in [4.78, 5) is 4.28. The van der Waals surface area contributed by atoms with Crippen LogP contribution in [-0.4, -0.2) is 10.7 Å². The fourth-order valence-electron chi connectivity index (χ4n) is 0.914. The van der Waals surface area contributed by atoms with Crippen LogP contribution in [0.25, 0.3) is 0 Å². The van der Waals surface area contributed by atoms with Gasteiger partial charge in [0.25, 0.3) is 0 Å². The van der Waals surface area contributed by atoms with Crippen LogP contribution in [0.4, 0.5) is 0 Å². The minimum Gasteiger partial charge on any atom is -0.260 e. The summed E-state index contributed by atoms with van der Waals surface area (Å²) in [5, 5.41) is 0.462. The van der Waals surface area contributed by atoms with Crippen LogP contribution in [0.15, 0.2) is 37.1 Å². The largest absolute Gasteiger partial charge is 0.260 e. The molecule has 12 heavy (non-hydrogen) atoms. The molecule has 0 aliphatic heterocycles. The summed E-state index contributed by atoms with van der Waals surface area (Å²) in [6.07, 6.45) is 3.75. The predicted octanol–water partition coefficient (Wildman–Crippen LogP) is 3.06. The second-order valence-corrected chi connectivity index (χ2v) is 3.89. The van der Waals surface area contributed by atoms with E-state index in [1.165, 1.54) is 0 Å². The van der Waals surface area contributed by atoms with E-state index in [9.17, 15) is 0 Å². The Hall–Kier alpha value is -0.760. The first-order chi connectivity index (χ1) is 5.84. The molecule has 0 fully saturated rings. The molecule has 1 atom stereocenters. The first-order valence-corrected chi connectivity index (χ1v) is 5.03. The zero-order valence-corrected chi connectivity index (χ0v) is 8.05. The standard InChI is InChI=1S/C10H13NS/c1-3-8-12-9(2)10-6-4-5-7-11-10/h3-7,9H,1,8H2,2H3. The summed E-state index contributed by atoms with van der Waals surface area (Å²) in [6.45, 7) is 5.85. The first-order valence-electron chi connectivity index (χ1n) is 3.98. The Morgan fingerprint density at radius 2 is 2.50 bits per heavy atom. The van der Waals surface area contributed by atoms with Gasteiger partial charge in [-0.1, -0.05) is 12.1 Å². The molecule has 2 heteroatoms. The van der Waals surface area contributed by atoms with Crippen molar-refractivity contribution in [2.24, 2.45) is 0 Å². The zero-order chi connectivity index (χ0) is 8.81. The summed E-state index contributed by atoms with van der Waals surface area (Å²) in [7, 11) is 0. The fourth-order valence-corrected chi connectivity index (χ4v) is 1.65. The SMILES string of the molecule is C=CCSC(C)c1ccccn1. The molecule has 1 aromatic heterocycles. The summed E-state index contributed by atoms with van der Waals surface area (Å²) in [5.74, 6) is 0.984. The molecule has 1 aromatic rings. The highest BCUT2D eigenvalue weighted by molar-refractivity contribution is 7.99. The van der Waals surface area contributed by atoms with Crippen LogP contribution in [0.1, 0.15) is 17.9 Å². The van der Waals surface area contributed by atoms with Gasteiger partial charge in [0.2, 0.25) is 0 Å². The van der Waals surface area contributed by atoms with Gasteiger partial charge in [0.05, 0.1) is 5.69 Å². The topological polar surface area (TPSA) is 12.9 Å². The van der Waals surface area contributed by atoms with Gasteiger partial charge in [0, 0.05) is 17.2 Å². The van der Waals surface area contributed by atoms with Crippen molar-refractivity contribution in [2.75, 3.05) is 5.75 Å². The van der Waals surface area contributed by atoms with Crippen LogP contribution in [0.5, 0.6) is 0 Å². The van der Waals surface area contributed by atoms with Crippen LogP contribution in [0, 0.1) is 0 Å². The lowest BCUT2D eigenvalue weighted by Gasteiger charge is -2.07. The van der Waals surface area contributed by atoms with Crippen molar-refractivity contribution in [3.63, 3.8) is 0 Å². The third-order valence-corrected chi connectivity index (χ3v) is 2.74. The molecule has 0 radical (unpaired) electrons. The second kappa shape index (κ2) is 4.99. The molecule has 0 spiro atoms. The van der Waals surface area contributed by atoms with E-state index < -0.39 is 0 Å². The van der Waals surface area contributed by atoms with Gasteiger partial charge < -0.3 is 0 Å². The smallest absolute Gasteiger partial charge is 0.0530 e. The molecule has 0 saturated heterocycles. The van der Waals surface area contributed by atoms with Gasteiger partial charge >= 0.3 is 0 Å². The van der Waals surface area contributed by atoms with Crippen molar-refractivity contribution in [1.29, 1.82) is 0 Å². The Bertz CT molecular complexity index is 233. The van der Waals surface area contributed by atoms with E-state index in [1.54, 1.807) is 0 Å². The molecule has 1 nitrogen and oxygen atoms in total. The van der Waals surface area contributed by atoms with Gasteiger partial charge in [-0.2, -0.15) is 0 Å². The van der Waals surface area contributed by atoms with Gasteiger partial charge in [0.15, 0.2) is 0 Å². The highest BCUT2D eigenvalue weighted by Gasteiger charge is 2.04.